The standard InChI is InChI=1S/C19H24N4O3/c1-3-26-17-5-4-14(10-15(17)18(24)25)16-6-8-20-19(22-16)21-11-13-7-9-23(2)12-13/h4-6,8,10,13H,3,7,9,11-12H2,1-2H3,(H,24,25)(H,20,21,22). The predicted octanol–water partition coefficient (Wildman–Crippen LogP) is 2.60. The number of carboxylic acid groups (broad SMARTS) is 1. The second-order valence-electron chi connectivity index (χ2n) is 6.51. The summed E-state index contributed by atoms with van der Waals surface area (Å²) in [5, 5.41) is 12.7. The summed E-state index contributed by atoms with van der Waals surface area (Å²) in [6.45, 7) is 5.27. The van der Waals surface area contributed by atoms with E-state index >= 15 is 0 Å². The molecule has 138 valence electrons. The fraction of sp³-hybridized carbons (Fsp3) is 0.421. The Morgan fingerprint density at radius 2 is 2.27 bits per heavy atom. The summed E-state index contributed by atoms with van der Waals surface area (Å²) in [5.74, 6) is 0.494. The third-order valence-electron chi connectivity index (χ3n) is 4.50. The zero-order valence-corrected chi connectivity index (χ0v) is 15.1. The summed E-state index contributed by atoms with van der Waals surface area (Å²) < 4.78 is 5.39. The van der Waals surface area contributed by atoms with Crippen molar-refractivity contribution in [3.05, 3.63) is 36.0 Å². The molecule has 0 saturated carbocycles. The molecule has 1 aliphatic heterocycles. The van der Waals surface area contributed by atoms with Crippen LogP contribution in [0.5, 0.6) is 5.75 Å². The Morgan fingerprint density at radius 1 is 1.42 bits per heavy atom. The van der Waals surface area contributed by atoms with E-state index in [1.54, 1.807) is 24.4 Å². The van der Waals surface area contributed by atoms with Gasteiger partial charge in [-0.3, -0.25) is 0 Å². The van der Waals surface area contributed by atoms with Crippen molar-refractivity contribution in [2.75, 3.05) is 38.6 Å². The lowest BCUT2D eigenvalue weighted by Crippen LogP contribution is -2.19. The normalized spacial score (nSPS) is 17.2. The summed E-state index contributed by atoms with van der Waals surface area (Å²) in [6, 6.07) is 6.85. The average Bonchev–Trinajstić information content (AvgIpc) is 3.06. The van der Waals surface area contributed by atoms with Crippen LogP contribution in [-0.4, -0.2) is 59.2 Å². The van der Waals surface area contributed by atoms with Gasteiger partial charge in [0.2, 0.25) is 5.95 Å². The lowest BCUT2D eigenvalue weighted by atomic mass is 10.1. The first kappa shape index (κ1) is 18.1. The van der Waals surface area contributed by atoms with Crippen molar-refractivity contribution in [2.45, 2.75) is 13.3 Å². The van der Waals surface area contributed by atoms with Crippen molar-refractivity contribution in [3.8, 4) is 17.0 Å². The molecule has 26 heavy (non-hydrogen) atoms. The quantitative estimate of drug-likeness (QED) is 0.788. The number of aromatic nitrogens is 2. The van der Waals surface area contributed by atoms with Crippen molar-refractivity contribution in [1.29, 1.82) is 0 Å². The number of aromatic carboxylic acids is 1. The Bertz CT molecular complexity index is 781. The zero-order valence-electron chi connectivity index (χ0n) is 15.1. The minimum absolute atomic E-state index is 0.131. The number of ether oxygens (including phenoxy) is 1. The molecule has 0 bridgehead atoms. The molecular formula is C19H24N4O3. The largest absolute Gasteiger partial charge is 0.493 e. The summed E-state index contributed by atoms with van der Waals surface area (Å²) >= 11 is 0. The third-order valence-corrected chi connectivity index (χ3v) is 4.50. The minimum Gasteiger partial charge on any atom is -0.493 e. The molecule has 0 radical (unpaired) electrons. The number of anilines is 1. The van der Waals surface area contributed by atoms with Crippen LogP contribution in [0.4, 0.5) is 5.95 Å². The number of hydrogen-bond donors (Lipinski definition) is 2. The van der Waals surface area contributed by atoms with Gasteiger partial charge in [-0.25, -0.2) is 14.8 Å². The van der Waals surface area contributed by atoms with E-state index in [1.165, 1.54) is 6.42 Å². The Kier molecular flexibility index (Phi) is 5.68. The molecule has 2 heterocycles. The molecule has 3 rings (SSSR count). The van der Waals surface area contributed by atoms with Crippen LogP contribution in [0, 0.1) is 5.92 Å². The van der Waals surface area contributed by atoms with Crippen LogP contribution in [0.1, 0.15) is 23.7 Å². The molecule has 1 aliphatic rings. The lowest BCUT2D eigenvalue weighted by Gasteiger charge is -2.12. The van der Waals surface area contributed by atoms with Gasteiger partial charge in [0, 0.05) is 24.8 Å². The van der Waals surface area contributed by atoms with Crippen LogP contribution in [0.2, 0.25) is 0 Å². The van der Waals surface area contributed by atoms with Gasteiger partial charge in [-0.05, 0) is 57.1 Å². The van der Waals surface area contributed by atoms with Crippen molar-refractivity contribution in [3.63, 3.8) is 0 Å². The first-order chi connectivity index (χ1) is 12.6. The molecular weight excluding hydrogens is 332 g/mol. The molecule has 2 N–H and O–H groups in total. The number of benzene rings is 1. The van der Waals surface area contributed by atoms with Crippen LogP contribution in [0.3, 0.4) is 0 Å². The number of nitrogens with one attached hydrogen (secondary N) is 1. The van der Waals surface area contributed by atoms with E-state index < -0.39 is 5.97 Å². The van der Waals surface area contributed by atoms with Crippen LogP contribution < -0.4 is 10.1 Å². The molecule has 1 aromatic heterocycles. The number of likely N-dealkylation sites (tertiary alicyclic amines) is 1. The molecule has 1 aromatic carbocycles. The summed E-state index contributed by atoms with van der Waals surface area (Å²) in [6.07, 6.45) is 2.85. The molecule has 0 spiro atoms. The summed E-state index contributed by atoms with van der Waals surface area (Å²) in [4.78, 5) is 22.6. The van der Waals surface area contributed by atoms with E-state index in [2.05, 4.69) is 27.2 Å². The maximum atomic E-state index is 11.5. The molecule has 7 nitrogen and oxygen atoms in total. The molecule has 7 heteroatoms. The van der Waals surface area contributed by atoms with E-state index in [-0.39, 0.29) is 5.56 Å². The van der Waals surface area contributed by atoms with E-state index in [0.717, 1.165) is 25.2 Å². The highest BCUT2D eigenvalue weighted by Crippen LogP contribution is 2.26. The lowest BCUT2D eigenvalue weighted by molar-refractivity contribution is 0.0692. The first-order valence-corrected chi connectivity index (χ1v) is 8.82. The van der Waals surface area contributed by atoms with Gasteiger partial charge in [0.25, 0.3) is 0 Å². The first-order valence-electron chi connectivity index (χ1n) is 8.82. The fourth-order valence-electron chi connectivity index (χ4n) is 3.17. The van der Waals surface area contributed by atoms with Gasteiger partial charge in [-0.15, -0.1) is 0 Å². The summed E-state index contributed by atoms with van der Waals surface area (Å²) in [7, 11) is 2.13. The van der Waals surface area contributed by atoms with Crippen molar-refractivity contribution in [2.24, 2.45) is 5.92 Å². The number of hydrogen-bond acceptors (Lipinski definition) is 6. The number of nitrogens with zero attached hydrogens (tertiary/aromatic N) is 3. The highest BCUT2D eigenvalue weighted by molar-refractivity contribution is 5.92. The molecule has 1 unspecified atom stereocenters. The number of carboxylic acids is 1. The van der Waals surface area contributed by atoms with Gasteiger partial charge in [0.1, 0.15) is 11.3 Å². The Morgan fingerprint density at radius 3 is 2.96 bits per heavy atom. The SMILES string of the molecule is CCOc1ccc(-c2ccnc(NCC3CCN(C)C3)n2)cc1C(=O)O. The van der Waals surface area contributed by atoms with Gasteiger partial charge in [-0.1, -0.05) is 0 Å². The van der Waals surface area contributed by atoms with Crippen molar-refractivity contribution >= 4 is 11.9 Å². The van der Waals surface area contributed by atoms with Gasteiger partial charge in [0.05, 0.1) is 12.3 Å². The number of rotatable bonds is 7. The van der Waals surface area contributed by atoms with Gasteiger partial charge < -0.3 is 20.1 Å². The minimum atomic E-state index is -1.02. The predicted molar refractivity (Wildman–Crippen MR) is 99.7 cm³/mol. The molecule has 0 amide bonds. The monoisotopic (exact) mass is 356 g/mol. The third kappa shape index (κ3) is 4.29. The Labute approximate surface area is 153 Å². The van der Waals surface area contributed by atoms with E-state index in [1.807, 2.05) is 13.0 Å². The second-order valence-corrected chi connectivity index (χ2v) is 6.51. The van der Waals surface area contributed by atoms with Gasteiger partial charge in [0.15, 0.2) is 0 Å². The van der Waals surface area contributed by atoms with E-state index in [0.29, 0.717) is 29.9 Å². The fourth-order valence-corrected chi connectivity index (χ4v) is 3.17. The van der Waals surface area contributed by atoms with Gasteiger partial charge >= 0.3 is 5.97 Å². The highest BCUT2D eigenvalue weighted by atomic mass is 16.5. The van der Waals surface area contributed by atoms with Crippen LogP contribution in [0.25, 0.3) is 11.3 Å². The average molecular weight is 356 g/mol. The maximum Gasteiger partial charge on any atom is 0.339 e. The molecule has 1 atom stereocenters. The molecule has 0 aliphatic carbocycles. The van der Waals surface area contributed by atoms with E-state index in [4.69, 9.17) is 4.74 Å². The molecule has 2 aromatic rings. The smallest absolute Gasteiger partial charge is 0.339 e. The zero-order chi connectivity index (χ0) is 18.5. The van der Waals surface area contributed by atoms with Crippen LogP contribution >= 0.6 is 0 Å². The van der Waals surface area contributed by atoms with E-state index in [9.17, 15) is 9.90 Å². The summed E-state index contributed by atoms with van der Waals surface area (Å²) in [5.41, 5.74) is 1.53. The Hall–Kier alpha value is -2.67. The molecule has 1 fully saturated rings. The number of carbonyl (C=O) groups is 1. The van der Waals surface area contributed by atoms with Crippen LogP contribution in [-0.2, 0) is 0 Å². The van der Waals surface area contributed by atoms with Crippen LogP contribution in [0.15, 0.2) is 30.5 Å². The topological polar surface area (TPSA) is 87.6 Å². The second kappa shape index (κ2) is 8.14. The Balaban J connectivity index is 1.77. The maximum absolute atomic E-state index is 11.5. The van der Waals surface area contributed by atoms with Gasteiger partial charge in [-0.2, -0.15) is 0 Å². The highest BCUT2D eigenvalue weighted by Gasteiger charge is 2.19. The molecule has 1 saturated heterocycles. The van der Waals surface area contributed by atoms with Crippen molar-refractivity contribution in [1.82, 2.24) is 14.9 Å². The van der Waals surface area contributed by atoms with Crippen molar-refractivity contribution < 1.29 is 14.6 Å².